The van der Waals surface area contributed by atoms with E-state index >= 15 is 0 Å². The lowest BCUT2D eigenvalue weighted by atomic mass is 9.85. The number of thiophene rings is 1. The van der Waals surface area contributed by atoms with Crippen LogP contribution in [0, 0.1) is 11.6 Å². The van der Waals surface area contributed by atoms with Gasteiger partial charge in [-0.2, -0.15) is 5.10 Å². The molecular weight excluding hydrogens is 448 g/mol. The van der Waals surface area contributed by atoms with Gasteiger partial charge in [-0.3, -0.25) is 9.78 Å². The summed E-state index contributed by atoms with van der Waals surface area (Å²) in [5.41, 5.74) is -0.199. The summed E-state index contributed by atoms with van der Waals surface area (Å²) < 4.78 is 29.7. The highest BCUT2D eigenvalue weighted by molar-refractivity contribution is 7.17. The van der Waals surface area contributed by atoms with Crippen molar-refractivity contribution in [2.45, 2.75) is 31.7 Å². The summed E-state index contributed by atoms with van der Waals surface area (Å²) in [7, 11) is 0. The van der Waals surface area contributed by atoms with Gasteiger partial charge >= 0.3 is 0 Å². The average molecular weight is 468 g/mol. The fourth-order valence-electron chi connectivity index (χ4n) is 4.19. The number of carbonyl (C=O) groups excluding carboxylic acids is 1. The first-order valence-corrected chi connectivity index (χ1v) is 11.0. The van der Waals surface area contributed by atoms with Gasteiger partial charge in [-0.1, -0.05) is 6.07 Å². The first-order chi connectivity index (χ1) is 15.9. The minimum Gasteiger partial charge on any atom is -0.381 e. The fourth-order valence-corrected chi connectivity index (χ4v) is 5.32. The average Bonchev–Trinajstić information content (AvgIpc) is 3.52. The summed E-state index contributed by atoms with van der Waals surface area (Å²) in [5.74, 6) is -1.90. The molecule has 1 amide bonds. The van der Waals surface area contributed by atoms with Crippen LogP contribution in [0.3, 0.4) is 0 Å². The summed E-state index contributed by atoms with van der Waals surface area (Å²) in [6.07, 6.45) is 6.07. The molecule has 4 aromatic rings. The number of aromatic nitrogens is 4. The molecule has 0 radical (unpaired) electrons. The molecule has 4 heterocycles. The van der Waals surface area contributed by atoms with Crippen LogP contribution in [0.15, 0.2) is 61.4 Å². The molecule has 0 saturated carbocycles. The summed E-state index contributed by atoms with van der Waals surface area (Å²) in [6.45, 7) is 1.74. The Morgan fingerprint density at radius 3 is 2.64 bits per heavy atom. The van der Waals surface area contributed by atoms with Gasteiger partial charge in [0.15, 0.2) is 0 Å². The van der Waals surface area contributed by atoms with Crippen molar-refractivity contribution < 1.29 is 18.7 Å². The molecule has 0 spiro atoms. The van der Waals surface area contributed by atoms with Crippen LogP contribution in [-0.2, 0) is 18.7 Å². The number of hydrogen-bond donors (Lipinski definition) is 1. The summed E-state index contributed by atoms with van der Waals surface area (Å²) in [4.78, 5) is 24.3. The first-order valence-electron chi connectivity index (χ1n) is 10.2. The lowest BCUT2D eigenvalue weighted by Crippen LogP contribution is -2.52. The Labute approximate surface area is 192 Å². The monoisotopic (exact) mass is 467 g/mol. The minimum absolute atomic E-state index is 0.118. The Morgan fingerprint density at radius 2 is 1.97 bits per heavy atom. The maximum Gasteiger partial charge on any atom is 0.264 e. The molecule has 0 bridgehead atoms. The smallest absolute Gasteiger partial charge is 0.264 e. The van der Waals surface area contributed by atoms with Gasteiger partial charge in [-0.25, -0.2) is 18.4 Å². The quantitative estimate of drug-likeness (QED) is 0.468. The van der Waals surface area contributed by atoms with Gasteiger partial charge in [0.25, 0.3) is 5.91 Å². The zero-order valence-corrected chi connectivity index (χ0v) is 18.3. The molecule has 5 rings (SSSR count). The number of carbonyl (C=O) groups is 1. The van der Waals surface area contributed by atoms with E-state index in [1.807, 2.05) is 18.2 Å². The Balaban J connectivity index is 1.49. The van der Waals surface area contributed by atoms with Crippen LogP contribution in [0.4, 0.5) is 8.78 Å². The minimum atomic E-state index is -1.89. The van der Waals surface area contributed by atoms with Gasteiger partial charge in [0, 0.05) is 35.4 Å². The molecule has 3 aromatic heterocycles. The number of rotatable bonds is 6. The zero-order valence-electron chi connectivity index (χ0n) is 17.5. The van der Waals surface area contributed by atoms with E-state index in [0.717, 1.165) is 28.1 Å². The number of hydrogen-bond acceptors (Lipinski definition) is 6. The molecule has 33 heavy (non-hydrogen) atoms. The number of nitrogens with zero attached hydrogens (tertiary/aromatic N) is 5. The van der Waals surface area contributed by atoms with Gasteiger partial charge in [-0.15, -0.1) is 11.3 Å². The Bertz CT molecular complexity index is 1310. The number of benzene rings is 1. The van der Waals surface area contributed by atoms with Crippen LogP contribution in [0.25, 0.3) is 10.4 Å². The highest BCUT2D eigenvalue weighted by Gasteiger charge is 2.46. The molecule has 10 heteroatoms. The van der Waals surface area contributed by atoms with Crippen LogP contribution in [0.1, 0.15) is 27.7 Å². The van der Waals surface area contributed by atoms with E-state index in [1.54, 1.807) is 19.3 Å². The standard InChI is InChI=1S/C23H19F2N5O2S/c1-14(23(32,11-29-13-27-12-28-29)18-3-2-17(24)9-19(18)25)30-10-16-8-20(33-21(16)22(30)31)15-4-6-26-7-5-15/h2-9,12-14,32H,10-11H2,1H3/t14-,23-/m1/s1. The molecule has 0 fully saturated rings. The maximum absolute atomic E-state index is 14.8. The van der Waals surface area contributed by atoms with Gasteiger partial charge in [0.05, 0.1) is 17.5 Å². The number of fused-ring (bicyclic) bond motifs is 1. The van der Waals surface area contributed by atoms with Crippen LogP contribution in [0.5, 0.6) is 0 Å². The molecule has 0 aliphatic carbocycles. The SMILES string of the molecule is C[C@@H](N1Cc2cc(-c3ccncc3)sc2C1=O)[C@](O)(Cn1cncn1)c1ccc(F)cc1F. The van der Waals surface area contributed by atoms with Crippen LogP contribution >= 0.6 is 11.3 Å². The first kappa shape index (κ1) is 21.4. The number of pyridine rings is 1. The van der Waals surface area contributed by atoms with E-state index in [1.165, 1.54) is 39.6 Å². The van der Waals surface area contributed by atoms with Crippen molar-refractivity contribution in [2.24, 2.45) is 0 Å². The zero-order chi connectivity index (χ0) is 23.2. The number of amides is 1. The number of halogens is 2. The molecule has 2 atom stereocenters. The lowest BCUT2D eigenvalue weighted by molar-refractivity contribution is -0.0556. The molecule has 1 aromatic carbocycles. The normalized spacial score (nSPS) is 16.0. The van der Waals surface area contributed by atoms with Crippen molar-refractivity contribution in [1.29, 1.82) is 0 Å². The van der Waals surface area contributed by atoms with Gasteiger partial charge in [-0.05, 0) is 42.3 Å². The van der Waals surface area contributed by atoms with E-state index in [0.29, 0.717) is 4.88 Å². The molecule has 1 aliphatic rings. The van der Waals surface area contributed by atoms with Crippen molar-refractivity contribution >= 4 is 17.2 Å². The van der Waals surface area contributed by atoms with Crippen molar-refractivity contribution in [3.63, 3.8) is 0 Å². The molecular formula is C23H19F2N5O2S. The Kier molecular flexibility index (Phi) is 5.26. The van der Waals surface area contributed by atoms with Crippen molar-refractivity contribution in [3.8, 4) is 10.4 Å². The second-order valence-corrected chi connectivity index (χ2v) is 9.00. The molecule has 0 unspecified atom stereocenters. The van der Waals surface area contributed by atoms with Crippen LogP contribution < -0.4 is 0 Å². The van der Waals surface area contributed by atoms with Crippen molar-refractivity contribution in [3.05, 3.63) is 89.1 Å². The van der Waals surface area contributed by atoms with Gasteiger partial charge < -0.3 is 10.0 Å². The molecule has 7 nitrogen and oxygen atoms in total. The predicted molar refractivity (Wildman–Crippen MR) is 117 cm³/mol. The van der Waals surface area contributed by atoms with Crippen molar-refractivity contribution in [1.82, 2.24) is 24.6 Å². The Hall–Kier alpha value is -3.50. The molecule has 0 saturated heterocycles. The van der Waals surface area contributed by atoms with E-state index in [9.17, 15) is 18.7 Å². The fraction of sp³-hybridized carbons (Fsp3) is 0.217. The van der Waals surface area contributed by atoms with Gasteiger partial charge in [0.1, 0.15) is 29.9 Å². The van der Waals surface area contributed by atoms with Crippen LogP contribution in [0.2, 0.25) is 0 Å². The third-order valence-corrected chi connectivity index (χ3v) is 7.21. The predicted octanol–water partition coefficient (Wildman–Crippen LogP) is 3.61. The third kappa shape index (κ3) is 3.70. The van der Waals surface area contributed by atoms with E-state index in [2.05, 4.69) is 15.1 Å². The summed E-state index contributed by atoms with van der Waals surface area (Å²) in [5, 5.41) is 15.8. The van der Waals surface area contributed by atoms with E-state index in [-0.39, 0.29) is 24.6 Å². The highest BCUT2D eigenvalue weighted by atomic mass is 32.1. The second-order valence-electron chi connectivity index (χ2n) is 7.95. The van der Waals surface area contributed by atoms with Gasteiger partial charge in [0.2, 0.25) is 0 Å². The second kappa shape index (κ2) is 8.13. The largest absolute Gasteiger partial charge is 0.381 e. The topological polar surface area (TPSA) is 84.1 Å². The maximum atomic E-state index is 14.8. The van der Waals surface area contributed by atoms with E-state index < -0.39 is 23.3 Å². The molecule has 168 valence electrons. The summed E-state index contributed by atoms with van der Waals surface area (Å²) >= 11 is 1.37. The summed E-state index contributed by atoms with van der Waals surface area (Å²) in [6, 6.07) is 7.86. The highest BCUT2D eigenvalue weighted by Crippen LogP contribution is 2.41. The van der Waals surface area contributed by atoms with Crippen LogP contribution in [-0.4, -0.2) is 41.7 Å². The number of aliphatic hydroxyl groups is 1. The molecule has 1 N–H and O–H groups in total. The Morgan fingerprint density at radius 1 is 1.18 bits per heavy atom. The molecule has 1 aliphatic heterocycles. The van der Waals surface area contributed by atoms with E-state index in [4.69, 9.17) is 0 Å². The van der Waals surface area contributed by atoms with Crippen molar-refractivity contribution in [2.75, 3.05) is 0 Å². The lowest BCUT2D eigenvalue weighted by Gasteiger charge is -2.39. The third-order valence-electron chi connectivity index (χ3n) is 6.00.